The zero-order valence-corrected chi connectivity index (χ0v) is 16.4. The summed E-state index contributed by atoms with van der Waals surface area (Å²) < 4.78 is 15.1. The summed E-state index contributed by atoms with van der Waals surface area (Å²) in [6.45, 7) is 3.89. The van der Waals surface area contributed by atoms with E-state index in [1.807, 2.05) is 16.5 Å². The first-order valence-electron chi connectivity index (χ1n) is 9.94. The van der Waals surface area contributed by atoms with Crippen LogP contribution in [0.1, 0.15) is 35.4 Å². The summed E-state index contributed by atoms with van der Waals surface area (Å²) in [5, 5.41) is 16.8. The molecule has 1 aliphatic heterocycles. The number of hydrogen-bond acceptors (Lipinski definition) is 4. The zero-order chi connectivity index (χ0) is 20.5. The van der Waals surface area contributed by atoms with Crippen molar-refractivity contribution in [3.63, 3.8) is 0 Å². The molecule has 154 valence electrons. The maximum atomic E-state index is 13.2. The van der Waals surface area contributed by atoms with Gasteiger partial charge in [-0.2, -0.15) is 5.10 Å². The van der Waals surface area contributed by atoms with Gasteiger partial charge in [0, 0.05) is 12.6 Å². The molecule has 2 N–H and O–H groups in total. The number of amides is 1. The van der Waals surface area contributed by atoms with Gasteiger partial charge in [-0.05, 0) is 49.4 Å². The molecule has 2 heterocycles. The van der Waals surface area contributed by atoms with E-state index in [2.05, 4.69) is 10.4 Å². The lowest BCUT2D eigenvalue weighted by Gasteiger charge is -2.34. The van der Waals surface area contributed by atoms with Crippen LogP contribution in [-0.4, -0.2) is 50.8 Å². The van der Waals surface area contributed by atoms with Crippen LogP contribution >= 0.6 is 0 Å². The van der Waals surface area contributed by atoms with Crippen molar-refractivity contribution in [1.29, 1.82) is 0 Å². The molecule has 1 saturated carbocycles. The van der Waals surface area contributed by atoms with Gasteiger partial charge in [-0.25, -0.2) is 4.39 Å². The van der Waals surface area contributed by atoms with E-state index in [1.54, 1.807) is 12.1 Å². The highest BCUT2D eigenvalue weighted by Gasteiger charge is 2.35. The molecule has 8 heteroatoms. The van der Waals surface area contributed by atoms with E-state index in [1.165, 1.54) is 17.7 Å². The monoisotopic (exact) mass is 400 g/mol. The molecular weight excluding hydrogens is 375 g/mol. The number of carbonyl (C=O) groups excluding carboxylic acids is 1. The smallest absolute Gasteiger partial charge is 0.306 e. The lowest BCUT2D eigenvalue weighted by Crippen LogP contribution is -2.49. The SMILES string of the molecule is Cc1nn(Cc2ccc(F)cc2)c2c1CCN(C(=O)CN[C@H]1C[C@H](C(=O)O)C1)C2. The van der Waals surface area contributed by atoms with Crippen LogP contribution in [0, 0.1) is 18.7 Å². The first kappa shape index (κ1) is 19.6. The van der Waals surface area contributed by atoms with Gasteiger partial charge >= 0.3 is 5.97 Å². The molecule has 0 radical (unpaired) electrons. The Morgan fingerprint density at radius 3 is 2.69 bits per heavy atom. The molecule has 0 atom stereocenters. The van der Waals surface area contributed by atoms with Crippen LogP contribution in [0.5, 0.6) is 0 Å². The van der Waals surface area contributed by atoms with Crippen LogP contribution in [0.15, 0.2) is 24.3 Å². The number of halogens is 1. The molecule has 0 unspecified atom stereocenters. The average molecular weight is 400 g/mol. The predicted octanol–water partition coefficient (Wildman–Crippen LogP) is 1.72. The summed E-state index contributed by atoms with van der Waals surface area (Å²) in [7, 11) is 0. The second-order valence-electron chi connectivity index (χ2n) is 7.94. The summed E-state index contributed by atoms with van der Waals surface area (Å²) in [6, 6.07) is 6.48. The van der Waals surface area contributed by atoms with E-state index in [0.717, 1.165) is 23.4 Å². The number of aliphatic carboxylic acids is 1. The number of fused-ring (bicyclic) bond motifs is 1. The largest absolute Gasteiger partial charge is 0.481 e. The number of nitrogens with one attached hydrogen (secondary N) is 1. The second kappa shape index (κ2) is 7.94. The van der Waals surface area contributed by atoms with Gasteiger partial charge in [0.25, 0.3) is 0 Å². The normalized spacial score (nSPS) is 20.8. The first-order valence-corrected chi connectivity index (χ1v) is 9.94. The Labute approximate surface area is 168 Å². The Balaban J connectivity index is 1.38. The van der Waals surface area contributed by atoms with Crippen molar-refractivity contribution in [2.24, 2.45) is 5.92 Å². The molecule has 0 spiro atoms. The molecule has 0 saturated heterocycles. The minimum Gasteiger partial charge on any atom is -0.481 e. The van der Waals surface area contributed by atoms with Crippen molar-refractivity contribution in [3.8, 4) is 0 Å². The summed E-state index contributed by atoms with van der Waals surface area (Å²) in [4.78, 5) is 25.4. The lowest BCUT2D eigenvalue weighted by molar-refractivity contribution is -0.145. The molecule has 0 bridgehead atoms. The van der Waals surface area contributed by atoms with Gasteiger partial charge in [-0.1, -0.05) is 12.1 Å². The number of aromatic nitrogens is 2. The number of benzene rings is 1. The summed E-state index contributed by atoms with van der Waals surface area (Å²) >= 11 is 0. The fourth-order valence-electron chi connectivity index (χ4n) is 4.11. The number of rotatable bonds is 6. The van der Waals surface area contributed by atoms with Crippen molar-refractivity contribution < 1.29 is 19.1 Å². The molecule has 2 aromatic rings. The molecule has 1 fully saturated rings. The van der Waals surface area contributed by atoms with E-state index < -0.39 is 5.97 Å². The summed E-state index contributed by atoms with van der Waals surface area (Å²) in [5.41, 5.74) is 4.15. The average Bonchev–Trinajstić information content (AvgIpc) is 2.97. The van der Waals surface area contributed by atoms with Gasteiger partial charge in [0.1, 0.15) is 5.82 Å². The third-order valence-corrected chi connectivity index (χ3v) is 5.97. The quantitative estimate of drug-likeness (QED) is 0.771. The summed E-state index contributed by atoms with van der Waals surface area (Å²) in [5.74, 6) is -1.30. The Kier molecular flexibility index (Phi) is 5.36. The number of carboxylic acids is 1. The Morgan fingerprint density at radius 2 is 2.00 bits per heavy atom. The van der Waals surface area contributed by atoms with Crippen molar-refractivity contribution in [3.05, 3.63) is 52.6 Å². The van der Waals surface area contributed by atoms with Gasteiger partial charge in [0.2, 0.25) is 5.91 Å². The molecule has 7 nitrogen and oxygen atoms in total. The number of carbonyl (C=O) groups is 2. The predicted molar refractivity (Wildman–Crippen MR) is 104 cm³/mol. The molecule has 1 amide bonds. The second-order valence-corrected chi connectivity index (χ2v) is 7.94. The van der Waals surface area contributed by atoms with Gasteiger partial charge in [0.05, 0.1) is 36.9 Å². The number of hydrogen-bond donors (Lipinski definition) is 2. The topological polar surface area (TPSA) is 87.5 Å². The fourth-order valence-corrected chi connectivity index (χ4v) is 4.11. The molecule has 4 rings (SSSR count). The maximum absolute atomic E-state index is 13.2. The van der Waals surface area contributed by atoms with Crippen LogP contribution in [0.2, 0.25) is 0 Å². The van der Waals surface area contributed by atoms with Gasteiger partial charge in [-0.15, -0.1) is 0 Å². The molecule has 1 aromatic carbocycles. The third kappa shape index (κ3) is 4.17. The molecular formula is C21H25FN4O3. The number of carboxylic acid groups (broad SMARTS) is 1. The van der Waals surface area contributed by atoms with Gasteiger partial charge in [-0.3, -0.25) is 14.3 Å². The highest BCUT2D eigenvalue weighted by Crippen LogP contribution is 2.27. The molecule has 1 aromatic heterocycles. The van der Waals surface area contributed by atoms with E-state index in [4.69, 9.17) is 5.11 Å². The van der Waals surface area contributed by atoms with Crippen molar-refractivity contribution >= 4 is 11.9 Å². The van der Waals surface area contributed by atoms with E-state index in [-0.39, 0.29) is 30.2 Å². The van der Waals surface area contributed by atoms with E-state index >= 15 is 0 Å². The van der Waals surface area contributed by atoms with Crippen molar-refractivity contribution in [2.45, 2.75) is 45.3 Å². The van der Waals surface area contributed by atoms with Crippen LogP contribution in [-0.2, 0) is 29.1 Å². The number of nitrogens with zero attached hydrogens (tertiary/aromatic N) is 3. The first-order chi connectivity index (χ1) is 13.9. The molecule has 2 aliphatic rings. The van der Waals surface area contributed by atoms with E-state index in [0.29, 0.717) is 32.5 Å². The standard InChI is InChI=1S/C21H25FN4O3/c1-13-18-6-7-25(20(27)10-23-17-8-15(9-17)21(28)29)12-19(18)26(24-13)11-14-2-4-16(22)5-3-14/h2-5,15,17,23H,6-12H2,1H3,(H,28,29)/t15-,17-. The summed E-state index contributed by atoms with van der Waals surface area (Å²) in [6.07, 6.45) is 1.92. The van der Waals surface area contributed by atoms with E-state index in [9.17, 15) is 14.0 Å². The molecule has 29 heavy (non-hydrogen) atoms. The van der Waals surface area contributed by atoms with Crippen LogP contribution in [0.4, 0.5) is 4.39 Å². The minimum atomic E-state index is -0.761. The third-order valence-electron chi connectivity index (χ3n) is 5.97. The van der Waals surface area contributed by atoms with Gasteiger partial charge in [0.15, 0.2) is 0 Å². The fraction of sp³-hybridized carbons (Fsp3) is 0.476. The minimum absolute atomic E-state index is 0.0154. The highest BCUT2D eigenvalue weighted by atomic mass is 19.1. The van der Waals surface area contributed by atoms with Gasteiger partial charge < -0.3 is 15.3 Å². The van der Waals surface area contributed by atoms with Crippen molar-refractivity contribution in [1.82, 2.24) is 20.0 Å². The maximum Gasteiger partial charge on any atom is 0.306 e. The van der Waals surface area contributed by atoms with Crippen LogP contribution < -0.4 is 5.32 Å². The molecule has 1 aliphatic carbocycles. The zero-order valence-electron chi connectivity index (χ0n) is 16.4. The van der Waals surface area contributed by atoms with Crippen LogP contribution in [0.3, 0.4) is 0 Å². The Hall–Kier alpha value is -2.74. The Bertz CT molecular complexity index is 919. The number of aryl methyl sites for hydroxylation is 1. The lowest BCUT2D eigenvalue weighted by atomic mass is 9.80. The van der Waals surface area contributed by atoms with Crippen LogP contribution in [0.25, 0.3) is 0 Å². The highest BCUT2D eigenvalue weighted by molar-refractivity contribution is 5.78. The Morgan fingerprint density at radius 1 is 1.28 bits per heavy atom. The van der Waals surface area contributed by atoms with Crippen molar-refractivity contribution in [2.75, 3.05) is 13.1 Å².